The third-order valence-electron chi connectivity index (χ3n) is 5.23. The van der Waals surface area contributed by atoms with E-state index in [0.29, 0.717) is 17.1 Å². The molecule has 0 aliphatic carbocycles. The molecule has 7 heteroatoms. The number of benzene rings is 2. The van der Waals surface area contributed by atoms with Crippen LogP contribution in [0.25, 0.3) is 0 Å². The first-order valence-corrected chi connectivity index (χ1v) is 13.4. The summed E-state index contributed by atoms with van der Waals surface area (Å²) in [5, 5.41) is 5.66. The van der Waals surface area contributed by atoms with E-state index in [4.69, 9.17) is 4.74 Å². The summed E-state index contributed by atoms with van der Waals surface area (Å²) in [6, 6.07) is 16.8. The molecule has 0 bridgehead atoms. The Labute approximate surface area is 197 Å². The number of carbonyl (C=O) groups excluding carboxylic acids is 2. The second-order valence-electron chi connectivity index (χ2n) is 8.21. The Balaban J connectivity index is 1.72. The van der Waals surface area contributed by atoms with E-state index in [1.807, 2.05) is 37.3 Å². The molecule has 0 spiro atoms. The highest BCUT2D eigenvalue weighted by Gasteiger charge is 2.27. The van der Waals surface area contributed by atoms with Gasteiger partial charge in [-0.25, -0.2) is 0 Å². The maximum atomic E-state index is 13.2. The molecule has 2 atom stereocenters. The molecule has 0 fully saturated rings. The predicted molar refractivity (Wildman–Crippen MR) is 136 cm³/mol. The van der Waals surface area contributed by atoms with Crippen LogP contribution in [0.2, 0.25) is 0 Å². The molecule has 1 aliphatic heterocycles. The van der Waals surface area contributed by atoms with E-state index in [1.165, 1.54) is 5.56 Å². The number of nitrogens with one attached hydrogen (secondary N) is 2. The number of unbranched alkanes of at least 4 members (excludes halogenated alkanes) is 1. The zero-order chi connectivity index (χ0) is 23.6. The molecule has 6 nitrogen and oxygen atoms in total. The van der Waals surface area contributed by atoms with Crippen LogP contribution in [0, 0.1) is 0 Å². The fourth-order valence-electron chi connectivity index (χ4n) is 3.58. The molecule has 0 radical (unpaired) electrons. The van der Waals surface area contributed by atoms with E-state index in [1.54, 1.807) is 18.3 Å². The lowest BCUT2D eigenvalue weighted by molar-refractivity contribution is -0.124. The molecule has 2 N–H and O–H groups in total. The quantitative estimate of drug-likeness (QED) is 0.312. The number of nitrogens with zero attached hydrogens (tertiary/aromatic N) is 1. The van der Waals surface area contributed by atoms with Crippen LogP contribution in [0.5, 0.6) is 5.75 Å². The molecule has 0 saturated carbocycles. The number of hydrogen-bond acceptors (Lipinski definition) is 4. The van der Waals surface area contributed by atoms with Gasteiger partial charge in [-0.15, -0.1) is 7.92 Å². The van der Waals surface area contributed by atoms with Gasteiger partial charge >= 0.3 is 0 Å². The van der Waals surface area contributed by atoms with Gasteiger partial charge in [-0.05, 0) is 55.6 Å². The monoisotopic (exact) mass is 465 g/mol. The first kappa shape index (κ1) is 24.7. The first-order valence-electron chi connectivity index (χ1n) is 11.3. The van der Waals surface area contributed by atoms with Gasteiger partial charge in [-0.2, -0.15) is 0 Å². The van der Waals surface area contributed by atoms with Crippen molar-refractivity contribution in [2.24, 2.45) is 4.99 Å². The number of ether oxygens (including phenoxy) is 1. The average Bonchev–Trinajstić information content (AvgIpc) is 2.95. The Morgan fingerprint density at radius 2 is 1.94 bits per heavy atom. The van der Waals surface area contributed by atoms with Crippen molar-refractivity contribution in [2.45, 2.75) is 38.9 Å². The van der Waals surface area contributed by atoms with Gasteiger partial charge in [0.1, 0.15) is 24.1 Å². The SMILES string of the molecule is CCCC=N/C(C(=O)NC1COc2ccccc2NC1=O)=C(/C)CP(C)Cc1ccccc1. The zero-order valence-corrected chi connectivity index (χ0v) is 20.4. The highest BCUT2D eigenvalue weighted by molar-refractivity contribution is 7.56. The van der Waals surface area contributed by atoms with Crippen LogP contribution in [0.15, 0.2) is 70.9 Å². The third kappa shape index (κ3) is 7.26. The van der Waals surface area contributed by atoms with Crippen LogP contribution < -0.4 is 15.4 Å². The van der Waals surface area contributed by atoms with Gasteiger partial charge in [0, 0.05) is 6.21 Å². The van der Waals surface area contributed by atoms with E-state index in [-0.39, 0.29) is 26.3 Å². The topological polar surface area (TPSA) is 79.8 Å². The van der Waals surface area contributed by atoms with Gasteiger partial charge in [0.25, 0.3) is 11.8 Å². The normalized spacial score (nSPS) is 17.3. The van der Waals surface area contributed by atoms with Gasteiger partial charge in [-0.3, -0.25) is 14.6 Å². The van der Waals surface area contributed by atoms with E-state index in [0.717, 1.165) is 30.7 Å². The Bertz CT molecular complexity index is 1020. The number of carbonyl (C=O) groups is 2. The molecule has 174 valence electrons. The molecule has 1 aliphatic rings. The van der Waals surface area contributed by atoms with Crippen molar-refractivity contribution < 1.29 is 14.3 Å². The van der Waals surface area contributed by atoms with Crippen LogP contribution in [0.3, 0.4) is 0 Å². The molecule has 2 unspecified atom stereocenters. The van der Waals surface area contributed by atoms with Crippen molar-refractivity contribution in [3.8, 4) is 5.75 Å². The van der Waals surface area contributed by atoms with Crippen LogP contribution in [-0.4, -0.2) is 43.5 Å². The van der Waals surface area contributed by atoms with Gasteiger partial charge in [0.05, 0.1) is 5.69 Å². The van der Waals surface area contributed by atoms with Crippen molar-refractivity contribution >= 4 is 31.6 Å². The highest BCUT2D eigenvalue weighted by Crippen LogP contribution is 2.38. The molecule has 2 aromatic carbocycles. The summed E-state index contributed by atoms with van der Waals surface area (Å²) in [6.45, 7) is 6.33. The van der Waals surface area contributed by atoms with Gasteiger partial charge in [0.2, 0.25) is 0 Å². The minimum absolute atomic E-state index is 0.0636. The van der Waals surface area contributed by atoms with Crippen molar-refractivity contribution in [1.82, 2.24) is 5.32 Å². The molecular weight excluding hydrogens is 433 g/mol. The minimum Gasteiger partial charge on any atom is -0.489 e. The van der Waals surface area contributed by atoms with Gasteiger partial charge in [-0.1, -0.05) is 55.8 Å². The van der Waals surface area contributed by atoms with Crippen molar-refractivity contribution in [1.29, 1.82) is 0 Å². The molecule has 1 heterocycles. The highest BCUT2D eigenvalue weighted by atomic mass is 31.1. The molecule has 0 saturated heterocycles. The van der Waals surface area contributed by atoms with E-state index < -0.39 is 6.04 Å². The molecule has 2 aromatic rings. The second kappa shape index (κ2) is 12.3. The maximum absolute atomic E-state index is 13.2. The fourth-order valence-corrected chi connectivity index (χ4v) is 5.48. The number of fused-ring (bicyclic) bond motifs is 1. The van der Waals surface area contributed by atoms with Crippen molar-refractivity contribution in [3.63, 3.8) is 0 Å². The summed E-state index contributed by atoms with van der Waals surface area (Å²) in [5.41, 5.74) is 3.22. The fraction of sp³-hybridized carbons (Fsp3) is 0.346. The first-order chi connectivity index (χ1) is 16.0. The van der Waals surface area contributed by atoms with Crippen LogP contribution >= 0.6 is 7.92 Å². The molecule has 33 heavy (non-hydrogen) atoms. The summed E-state index contributed by atoms with van der Waals surface area (Å²) in [6.07, 6.45) is 5.31. The molecular formula is C26H32N3O3P. The summed E-state index contributed by atoms with van der Waals surface area (Å²) in [5.74, 6) is -0.0598. The number of hydrogen-bond donors (Lipinski definition) is 2. The second-order valence-corrected chi connectivity index (χ2v) is 10.6. The number of para-hydroxylation sites is 2. The molecule has 2 amide bonds. The predicted octanol–water partition coefficient (Wildman–Crippen LogP) is 4.96. The molecule has 3 rings (SSSR count). The Morgan fingerprint density at radius 3 is 2.70 bits per heavy atom. The number of rotatable bonds is 9. The number of aliphatic imine (C=N–C) groups is 1. The van der Waals surface area contributed by atoms with Crippen molar-refractivity contribution in [3.05, 3.63) is 71.4 Å². The van der Waals surface area contributed by atoms with E-state index in [2.05, 4.69) is 41.3 Å². The van der Waals surface area contributed by atoms with Crippen LogP contribution in [-0.2, 0) is 15.8 Å². The Kier molecular flexibility index (Phi) is 9.20. The lowest BCUT2D eigenvalue weighted by atomic mass is 10.2. The van der Waals surface area contributed by atoms with Crippen LogP contribution in [0.4, 0.5) is 5.69 Å². The lowest BCUT2D eigenvalue weighted by Gasteiger charge is -2.18. The molecule has 0 aromatic heterocycles. The standard InChI is InChI=1S/C26H32N3O3P/c1-4-5-15-27-24(19(2)17-33(3)18-20-11-7-6-8-12-20)26(31)29-22-16-32-23-14-10-9-13-21(23)28-25(22)30/h6-15,22H,4-5,16-18H2,1-3H3,(H,28,30)(H,29,31)/b24-19-,27-15?. The average molecular weight is 466 g/mol. The van der Waals surface area contributed by atoms with Crippen molar-refractivity contribution in [2.75, 3.05) is 24.8 Å². The summed E-state index contributed by atoms with van der Waals surface area (Å²) >= 11 is 0. The van der Waals surface area contributed by atoms with Gasteiger partial charge in [0.15, 0.2) is 0 Å². The summed E-state index contributed by atoms with van der Waals surface area (Å²) in [7, 11) is -0.352. The van der Waals surface area contributed by atoms with E-state index >= 15 is 0 Å². The Hall–Kier alpha value is -2.98. The van der Waals surface area contributed by atoms with Gasteiger partial charge < -0.3 is 15.4 Å². The Morgan fingerprint density at radius 1 is 1.21 bits per heavy atom. The number of allylic oxidation sites excluding steroid dienone is 1. The third-order valence-corrected chi connectivity index (χ3v) is 7.15. The van der Waals surface area contributed by atoms with E-state index in [9.17, 15) is 9.59 Å². The lowest BCUT2D eigenvalue weighted by Crippen LogP contribution is -2.46. The number of anilines is 1. The van der Waals surface area contributed by atoms with Crippen LogP contribution in [0.1, 0.15) is 32.3 Å². The maximum Gasteiger partial charge on any atom is 0.270 e. The largest absolute Gasteiger partial charge is 0.489 e. The minimum atomic E-state index is -0.804. The summed E-state index contributed by atoms with van der Waals surface area (Å²) in [4.78, 5) is 30.4. The zero-order valence-electron chi connectivity index (χ0n) is 19.5. The summed E-state index contributed by atoms with van der Waals surface area (Å²) < 4.78 is 5.75. The number of amides is 2. The smallest absolute Gasteiger partial charge is 0.270 e.